The van der Waals surface area contributed by atoms with E-state index in [1.54, 1.807) is 19.2 Å². The molecule has 4 nitrogen and oxygen atoms in total. The summed E-state index contributed by atoms with van der Waals surface area (Å²) in [6.07, 6.45) is 0. The van der Waals surface area contributed by atoms with Crippen molar-refractivity contribution in [3.63, 3.8) is 0 Å². The van der Waals surface area contributed by atoms with Crippen LogP contribution in [-0.2, 0) is 4.43 Å². The number of carbonyl (C=O) groups is 1. The molecule has 0 aromatic heterocycles. The van der Waals surface area contributed by atoms with Crippen LogP contribution >= 0.6 is 15.9 Å². The zero-order valence-electron chi connectivity index (χ0n) is 11.2. The summed E-state index contributed by atoms with van der Waals surface area (Å²) in [7, 11) is 1.16. The Morgan fingerprint density at radius 2 is 1.78 bits per heavy atom. The minimum atomic E-state index is -1.91. The van der Waals surface area contributed by atoms with Gasteiger partial charge in [0.25, 0.3) is 0 Å². The van der Waals surface area contributed by atoms with E-state index in [1.165, 1.54) is 7.11 Å². The predicted molar refractivity (Wildman–Crippen MR) is 76.0 cm³/mol. The molecule has 0 aliphatic rings. The van der Waals surface area contributed by atoms with Crippen LogP contribution in [-0.4, -0.2) is 28.5 Å². The predicted octanol–water partition coefficient (Wildman–Crippen LogP) is 3.46. The van der Waals surface area contributed by atoms with Crippen LogP contribution in [0, 0.1) is 0 Å². The maximum Gasteiger partial charge on any atom is 0.324 e. The maximum atomic E-state index is 12.0. The Morgan fingerprint density at radius 1 is 1.17 bits per heavy atom. The van der Waals surface area contributed by atoms with Crippen molar-refractivity contribution in [1.82, 2.24) is 0 Å². The Morgan fingerprint density at radius 3 is 2.22 bits per heavy atom. The van der Waals surface area contributed by atoms with Gasteiger partial charge in [0.1, 0.15) is 0 Å². The molecule has 1 aromatic rings. The van der Waals surface area contributed by atoms with E-state index in [0.717, 1.165) is 0 Å². The molecule has 0 atom stereocenters. The van der Waals surface area contributed by atoms with E-state index in [-0.39, 0.29) is 5.97 Å². The zero-order valence-corrected chi connectivity index (χ0v) is 13.8. The van der Waals surface area contributed by atoms with E-state index >= 15 is 0 Å². The summed E-state index contributed by atoms with van der Waals surface area (Å²) in [5, 5.41) is 0. The SMILES string of the molecule is COc1cc(C(=O)O[Si](C)(C)C)cc(Br)c1OC. The van der Waals surface area contributed by atoms with Crippen LogP contribution in [0.5, 0.6) is 11.5 Å². The number of halogens is 1. The normalized spacial score (nSPS) is 11.0. The van der Waals surface area contributed by atoms with Gasteiger partial charge in [0.05, 0.1) is 24.3 Å². The number of ether oxygens (including phenoxy) is 2. The van der Waals surface area contributed by atoms with Gasteiger partial charge in [0.15, 0.2) is 11.5 Å². The summed E-state index contributed by atoms with van der Waals surface area (Å²) in [5.74, 6) is 0.715. The molecule has 0 N–H and O–H groups in total. The Labute approximate surface area is 116 Å². The van der Waals surface area contributed by atoms with Crippen molar-refractivity contribution in [2.45, 2.75) is 19.6 Å². The van der Waals surface area contributed by atoms with E-state index in [9.17, 15) is 4.79 Å². The molecule has 100 valence electrons. The average molecular weight is 333 g/mol. The molecule has 0 saturated heterocycles. The van der Waals surface area contributed by atoms with Crippen LogP contribution in [0.3, 0.4) is 0 Å². The Kier molecular flexibility index (Phi) is 4.81. The molecule has 0 radical (unpaired) electrons. The maximum absolute atomic E-state index is 12.0. The summed E-state index contributed by atoms with van der Waals surface area (Å²) in [6, 6.07) is 3.29. The molecule has 0 aliphatic carbocycles. The van der Waals surface area contributed by atoms with Gasteiger partial charge in [-0.1, -0.05) is 0 Å². The molecular weight excluding hydrogens is 316 g/mol. The molecule has 18 heavy (non-hydrogen) atoms. The van der Waals surface area contributed by atoms with Crippen LogP contribution in [0.25, 0.3) is 0 Å². The van der Waals surface area contributed by atoms with E-state index in [0.29, 0.717) is 21.5 Å². The fourth-order valence-electron chi connectivity index (χ4n) is 1.37. The van der Waals surface area contributed by atoms with Gasteiger partial charge in [0.2, 0.25) is 8.32 Å². The highest BCUT2D eigenvalue weighted by Gasteiger charge is 2.23. The van der Waals surface area contributed by atoms with Crippen molar-refractivity contribution < 1.29 is 18.7 Å². The third kappa shape index (κ3) is 3.74. The van der Waals surface area contributed by atoms with Crippen molar-refractivity contribution >= 4 is 30.2 Å². The molecule has 0 aliphatic heterocycles. The first-order valence-electron chi connectivity index (χ1n) is 5.43. The first-order valence-corrected chi connectivity index (χ1v) is 9.63. The fourth-order valence-corrected chi connectivity index (χ4v) is 2.65. The van der Waals surface area contributed by atoms with Crippen LogP contribution in [0.4, 0.5) is 0 Å². The third-order valence-electron chi connectivity index (χ3n) is 2.07. The van der Waals surface area contributed by atoms with E-state index in [4.69, 9.17) is 13.9 Å². The molecule has 0 fully saturated rings. The van der Waals surface area contributed by atoms with Crippen LogP contribution in [0.2, 0.25) is 19.6 Å². The molecule has 0 unspecified atom stereocenters. The van der Waals surface area contributed by atoms with Crippen molar-refractivity contribution in [1.29, 1.82) is 0 Å². The Bertz CT molecular complexity index is 454. The lowest BCUT2D eigenvalue weighted by Gasteiger charge is -2.18. The van der Waals surface area contributed by atoms with Gasteiger partial charge in [-0.2, -0.15) is 0 Å². The van der Waals surface area contributed by atoms with Gasteiger partial charge < -0.3 is 13.9 Å². The van der Waals surface area contributed by atoms with Crippen LogP contribution in [0.1, 0.15) is 10.4 Å². The van der Waals surface area contributed by atoms with Gasteiger partial charge in [-0.25, -0.2) is 4.79 Å². The van der Waals surface area contributed by atoms with Crippen molar-refractivity contribution in [3.05, 3.63) is 22.2 Å². The highest BCUT2D eigenvalue weighted by molar-refractivity contribution is 9.10. The number of benzene rings is 1. The summed E-state index contributed by atoms with van der Waals surface area (Å²) < 4.78 is 16.5. The average Bonchev–Trinajstić information content (AvgIpc) is 2.25. The minimum absolute atomic E-state index is 0.337. The lowest BCUT2D eigenvalue weighted by atomic mass is 10.2. The zero-order chi connectivity index (χ0) is 13.9. The van der Waals surface area contributed by atoms with Crippen molar-refractivity contribution in [2.75, 3.05) is 14.2 Å². The quantitative estimate of drug-likeness (QED) is 0.792. The number of hydrogen-bond acceptors (Lipinski definition) is 4. The van der Waals surface area contributed by atoms with Gasteiger partial charge in [-0.15, -0.1) is 0 Å². The Balaban J connectivity index is 3.12. The molecule has 0 saturated carbocycles. The molecule has 0 heterocycles. The van der Waals surface area contributed by atoms with Crippen LogP contribution < -0.4 is 9.47 Å². The molecular formula is C12H17BrO4Si. The third-order valence-corrected chi connectivity index (χ3v) is 3.45. The van der Waals surface area contributed by atoms with Gasteiger partial charge >= 0.3 is 5.97 Å². The summed E-state index contributed by atoms with van der Waals surface area (Å²) in [6.45, 7) is 5.88. The van der Waals surface area contributed by atoms with E-state index < -0.39 is 8.32 Å². The monoisotopic (exact) mass is 332 g/mol. The lowest BCUT2D eigenvalue weighted by Crippen LogP contribution is -2.29. The second kappa shape index (κ2) is 5.75. The topological polar surface area (TPSA) is 44.8 Å². The van der Waals surface area contributed by atoms with Crippen LogP contribution in [0.15, 0.2) is 16.6 Å². The van der Waals surface area contributed by atoms with E-state index in [1.807, 2.05) is 19.6 Å². The lowest BCUT2D eigenvalue weighted by molar-refractivity contribution is 0.0724. The number of rotatable bonds is 4. The first kappa shape index (κ1) is 15.0. The highest BCUT2D eigenvalue weighted by Crippen LogP contribution is 2.36. The second-order valence-corrected chi connectivity index (χ2v) is 9.98. The van der Waals surface area contributed by atoms with Crippen molar-refractivity contribution in [2.24, 2.45) is 0 Å². The molecule has 0 bridgehead atoms. The first-order chi connectivity index (χ1) is 8.28. The number of hydrogen-bond donors (Lipinski definition) is 0. The summed E-state index contributed by atoms with van der Waals surface area (Å²) in [4.78, 5) is 12.0. The number of methoxy groups -OCH3 is 2. The van der Waals surface area contributed by atoms with E-state index in [2.05, 4.69) is 15.9 Å². The number of carbonyl (C=O) groups excluding carboxylic acids is 1. The van der Waals surface area contributed by atoms with Gasteiger partial charge in [0, 0.05) is 0 Å². The summed E-state index contributed by atoms with van der Waals surface area (Å²) >= 11 is 3.35. The summed E-state index contributed by atoms with van der Waals surface area (Å²) in [5.41, 5.74) is 0.446. The van der Waals surface area contributed by atoms with Gasteiger partial charge in [-0.05, 0) is 47.7 Å². The Hall–Kier alpha value is -1.01. The molecule has 0 amide bonds. The molecule has 1 aromatic carbocycles. The molecule has 6 heteroatoms. The highest BCUT2D eigenvalue weighted by atomic mass is 79.9. The molecule has 0 spiro atoms. The largest absolute Gasteiger partial charge is 0.516 e. The molecule has 1 rings (SSSR count). The second-order valence-electron chi connectivity index (χ2n) is 4.70. The standard InChI is InChI=1S/C12H17BrO4Si/c1-15-10-7-8(6-9(13)11(10)16-2)12(14)17-18(3,4)5/h6-7H,1-5H3. The van der Waals surface area contributed by atoms with Gasteiger partial charge in [-0.3, -0.25) is 0 Å². The minimum Gasteiger partial charge on any atom is -0.516 e. The fraction of sp³-hybridized carbons (Fsp3) is 0.417. The smallest absolute Gasteiger partial charge is 0.324 e. The van der Waals surface area contributed by atoms with Crippen molar-refractivity contribution in [3.8, 4) is 11.5 Å².